The molecule has 1 aliphatic rings. The van der Waals surface area contributed by atoms with E-state index in [4.69, 9.17) is 9.84 Å². The molecule has 0 spiro atoms. The molecule has 8 heteroatoms. The molecule has 0 aliphatic carbocycles. The lowest BCUT2D eigenvalue weighted by Gasteiger charge is -2.37. The lowest BCUT2D eigenvalue weighted by atomic mass is 10.1. The fourth-order valence-electron chi connectivity index (χ4n) is 3.38. The van der Waals surface area contributed by atoms with Crippen molar-refractivity contribution in [1.29, 1.82) is 0 Å². The van der Waals surface area contributed by atoms with E-state index in [0.717, 1.165) is 5.56 Å². The van der Waals surface area contributed by atoms with Gasteiger partial charge in [-0.15, -0.1) is 0 Å². The molecule has 0 saturated carbocycles. The first-order chi connectivity index (χ1) is 14.4. The number of nitrogens with zero attached hydrogens (tertiary/aromatic N) is 1. The van der Waals surface area contributed by atoms with Crippen LogP contribution >= 0.6 is 0 Å². The summed E-state index contributed by atoms with van der Waals surface area (Å²) < 4.78 is 33.5. The monoisotopic (exact) mass is 424 g/mol. The molecule has 1 heterocycles. The van der Waals surface area contributed by atoms with Crippen LogP contribution in [0.15, 0.2) is 83.8 Å². The van der Waals surface area contributed by atoms with E-state index in [0.29, 0.717) is 17.0 Å². The molecule has 0 amide bonds. The maximum Gasteiger partial charge on any atom is 0.341 e. The number of hydrogen-bond acceptors (Lipinski definition) is 5. The van der Waals surface area contributed by atoms with Crippen molar-refractivity contribution in [2.45, 2.75) is 17.6 Å². The van der Waals surface area contributed by atoms with Gasteiger partial charge in [0.05, 0.1) is 5.69 Å². The van der Waals surface area contributed by atoms with Crippen molar-refractivity contribution in [2.75, 3.05) is 11.9 Å². The maximum atomic E-state index is 13.4. The van der Waals surface area contributed by atoms with Crippen molar-refractivity contribution in [3.63, 3.8) is 0 Å². The van der Waals surface area contributed by atoms with Gasteiger partial charge in [0.1, 0.15) is 16.8 Å². The van der Waals surface area contributed by atoms with Crippen molar-refractivity contribution in [3.8, 4) is 5.75 Å². The van der Waals surface area contributed by atoms with Gasteiger partial charge in [0.25, 0.3) is 0 Å². The first-order valence-corrected chi connectivity index (χ1v) is 10.7. The van der Waals surface area contributed by atoms with E-state index in [1.165, 1.54) is 4.31 Å². The van der Waals surface area contributed by atoms with Crippen LogP contribution < -0.4 is 10.1 Å². The highest BCUT2D eigenvalue weighted by molar-refractivity contribution is 7.89. The lowest BCUT2D eigenvalue weighted by molar-refractivity contribution is -0.139. The van der Waals surface area contributed by atoms with Crippen molar-refractivity contribution in [3.05, 3.63) is 90.0 Å². The average Bonchev–Trinajstić information content (AvgIpc) is 2.75. The Labute approximate surface area is 174 Å². The van der Waals surface area contributed by atoms with Crippen LogP contribution in [0.2, 0.25) is 0 Å². The first-order valence-electron chi connectivity index (χ1n) is 9.31. The molecule has 0 radical (unpaired) electrons. The number of carboxylic acid groups (broad SMARTS) is 1. The lowest BCUT2D eigenvalue weighted by Crippen LogP contribution is -2.42. The van der Waals surface area contributed by atoms with Crippen molar-refractivity contribution >= 4 is 21.7 Å². The summed E-state index contributed by atoms with van der Waals surface area (Å²) in [4.78, 5) is 10.9. The Hall–Kier alpha value is -3.36. The Kier molecular flexibility index (Phi) is 5.43. The molecule has 1 unspecified atom stereocenters. The fraction of sp³-hybridized carbons (Fsp3) is 0.136. The number of benzene rings is 3. The summed E-state index contributed by atoms with van der Waals surface area (Å²) in [5.41, 5.74) is 2.12. The number of sulfonamides is 1. The average molecular weight is 424 g/mol. The minimum absolute atomic E-state index is 0.201. The van der Waals surface area contributed by atoms with E-state index in [2.05, 4.69) is 5.32 Å². The third kappa shape index (κ3) is 4.00. The highest BCUT2D eigenvalue weighted by Gasteiger charge is 2.38. The van der Waals surface area contributed by atoms with Gasteiger partial charge in [0.2, 0.25) is 10.0 Å². The molecular formula is C22H20N2O5S. The second kappa shape index (κ2) is 8.17. The molecule has 4 rings (SSSR count). The van der Waals surface area contributed by atoms with E-state index >= 15 is 0 Å². The van der Waals surface area contributed by atoms with Crippen LogP contribution in [0.5, 0.6) is 5.75 Å². The minimum Gasteiger partial charge on any atom is -0.482 e. The second-order valence-corrected chi connectivity index (χ2v) is 8.69. The van der Waals surface area contributed by atoms with Crippen LogP contribution in [0, 0.1) is 0 Å². The molecule has 0 fully saturated rings. The molecule has 154 valence electrons. The normalized spacial score (nSPS) is 17.5. The van der Waals surface area contributed by atoms with Gasteiger partial charge in [-0.3, -0.25) is 0 Å². The number of rotatable bonds is 6. The maximum absolute atomic E-state index is 13.4. The van der Waals surface area contributed by atoms with Gasteiger partial charge in [0.15, 0.2) is 6.61 Å². The van der Waals surface area contributed by atoms with E-state index < -0.39 is 28.8 Å². The van der Waals surface area contributed by atoms with Crippen molar-refractivity contribution in [2.24, 2.45) is 0 Å². The number of hydrogen-bond donors (Lipinski definition) is 2. The number of nitrogens with one attached hydrogen (secondary N) is 1. The molecular weight excluding hydrogens is 404 g/mol. The number of para-hydroxylation sites is 1. The number of fused-ring (bicyclic) bond motifs is 1. The smallest absolute Gasteiger partial charge is 0.341 e. The Morgan fingerprint density at radius 2 is 1.63 bits per heavy atom. The predicted octanol–water partition coefficient (Wildman–Crippen LogP) is 3.47. The molecule has 3 aromatic carbocycles. The summed E-state index contributed by atoms with van der Waals surface area (Å²) in [5, 5.41) is 12.1. The highest BCUT2D eigenvalue weighted by atomic mass is 32.2. The number of anilines is 1. The highest BCUT2D eigenvalue weighted by Crippen LogP contribution is 2.39. The number of carboxylic acids is 1. The molecule has 2 N–H and O–H groups in total. The number of ether oxygens (including phenoxy) is 1. The largest absolute Gasteiger partial charge is 0.482 e. The quantitative estimate of drug-likeness (QED) is 0.629. The van der Waals surface area contributed by atoms with Gasteiger partial charge in [-0.1, -0.05) is 54.6 Å². The molecule has 1 aliphatic heterocycles. The van der Waals surface area contributed by atoms with Crippen LogP contribution in [-0.4, -0.2) is 30.4 Å². The summed E-state index contributed by atoms with van der Waals surface area (Å²) in [6, 6.07) is 22.9. The summed E-state index contributed by atoms with van der Waals surface area (Å²) >= 11 is 0. The Bertz CT molecular complexity index is 1150. The standard InChI is InChI=1S/C22H20N2O5S/c25-21(26)15-29-18-12-10-17(11-13-18)22-23-19-8-4-5-9-20(19)30(27,28)24(22)14-16-6-2-1-3-7-16/h1-13,22-23H,14-15H2,(H,25,26). The van der Waals surface area contributed by atoms with Crippen LogP contribution in [-0.2, 0) is 21.4 Å². The molecule has 3 aromatic rings. The minimum atomic E-state index is -3.75. The third-order valence-electron chi connectivity index (χ3n) is 4.79. The zero-order chi connectivity index (χ0) is 21.1. The van der Waals surface area contributed by atoms with Gasteiger partial charge in [0, 0.05) is 6.54 Å². The van der Waals surface area contributed by atoms with E-state index in [1.807, 2.05) is 30.3 Å². The third-order valence-corrected chi connectivity index (χ3v) is 6.66. The van der Waals surface area contributed by atoms with Crippen molar-refractivity contribution in [1.82, 2.24) is 4.31 Å². The van der Waals surface area contributed by atoms with E-state index in [9.17, 15) is 13.2 Å². The van der Waals surface area contributed by atoms with E-state index in [1.54, 1.807) is 48.5 Å². The predicted molar refractivity (Wildman–Crippen MR) is 112 cm³/mol. The van der Waals surface area contributed by atoms with Gasteiger partial charge < -0.3 is 15.2 Å². The number of carbonyl (C=O) groups is 1. The van der Waals surface area contributed by atoms with Gasteiger partial charge in [-0.05, 0) is 35.4 Å². The Morgan fingerprint density at radius 1 is 0.967 bits per heavy atom. The van der Waals surface area contributed by atoms with Gasteiger partial charge in [-0.25, -0.2) is 13.2 Å². The molecule has 0 bridgehead atoms. The summed E-state index contributed by atoms with van der Waals surface area (Å²) in [7, 11) is -3.75. The zero-order valence-corrected chi connectivity index (χ0v) is 16.7. The molecule has 30 heavy (non-hydrogen) atoms. The van der Waals surface area contributed by atoms with Crippen LogP contribution in [0.3, 0.4) is 0 Å². The number of aliphatic carboxylic acids is 1. The summed E-state index contributed by atoms with van der Waals surface area (Å²) in [6.45, 7) is -0.241. The topological polar surface area (TPSA) is 95.9 Å². The first kappa shape index (κ1) is 19.9. The Morgan fingerprint density at radius 3 is 2.33 bits per heavy atom. The van der Waals surface area contributed by atoms with Crippen LogP contribution in [0.4, 0.5) is 5.69 Å². The SMILES string of the molecule is O=C(O)COc1ccc(C2Nc3ccccc3S(=O)(=O)N2Cc2ccccc2)cc1. The molecule has 7 nitrogen and oxygen atoms in total. The molecule has 0 aromatic heterocycles. The van der Waals surface area contributed by atoms with Gasteiger partial charge in [-0.2, -0.15) is 4.31 Å². The fourth-order valence-corrected chi connectivity index (χ4v) is 5.05. The van der Waals surface area contributed by atoms with E-state index in [-0.39, 0.29) is 11.4 Å². The summed E-state index contributed by atoms with van der Waals surface area (Å²) in [6.07, 6.45) is -0.626. The molecule has 0 saturated heterocycles. The molecule has 1 atom stereocenters. The van der Waals surface area contributed by atoms with Crippen molar-refractivity contribution < 1.29 is 23.1 Å². The Balaban J connectivity index is 1.71. The second-order valence-electron chi connectivity index (χ2n) is 6.83. The van der Waals surface area contributed by atoms with Crippen LogP contribution in [0.1, 0.15) is 17.3 Å². The van der Waals surface area contributed by atoms with Crippen LogP contribution in [0.25, 0.3) is 0 Å². The van der Waals surface area contributed by atoms with Gasteiger partial charge >= 0.3 is 5.97 Å². The zero-order valence-electron chi connectivity index (χ0n) is 15.9. The summed E-state index contributed by atoms with van der Waals surface area (Å²) in [5.74, 6) is -0.667.